The molecule has 2 fully saturated rings. The molecular formula is C21H31N3O2. The first kappa shape index (κ1) is 18.9. The molecule has 1 aliphatic carbocycles. The summed E-state index contributed by atoms with van der Waals surface area (Å²) in [6.45, 7) is 3.43. The Balaban J connectivity index is 1.48. The van der Waals surface area contributed by atoms with Crippen LogP contribution in [-0.2, 0) is 9.59 Å². The summed E-state index contributed by atoms with van der Waals surface area (Å²) < 4.78 is 0. The van der Waals surface area contributed by atoms with Gasteiger partial charge in [-0.1, -0.05) is 30.5 Å². The molecule has 0 aromatic heterocycles. The van der Waals surface area contributed by atoms with E-state index in [2.05, 4.69) is 10.2 Å². The van der Waals surface area contributed by atoms with Crippen LogP contribution in [0, 0.1) is 12.8 Å². The molecule has 5 heteroatoms. The predicted molar refractivity (Wildman–Crippen MR) is 104 cm³/mol. The second-order valence-electron chi connectivity index (χ2n) is 7.93. The Morgan fingerprint density at radius 2 is 1.77 bits per heavy atom. The number of likely N-dealkylation sites (tertiary alicyclic amines) is 1. The van der Waals surface area contributed by atoms with Crippen LogP contribution in [0.5, 0.6) is 0 Å². The van der Waals surface area contributed by atoms with Crippen molar-refractivity contribution in [3.8, 4) is 0 Å². The summed E-state index contributed by atoms with van der Waals surface area (Å²) in [5, 5.41) is 2.89. The maximum absolute atomic E-state index is 12.8. The average Bonchev–Trinajstić information content (AvgIpc) is 2.63. The lowest BCUT2D eigenvalue weighted by Gasteiger charge is -2.44. The molecule has 0 bridgehead atoms. The number of hydrogen-bond acceptors (Lipinski definition) is 3. The van der Waals surface area contributed by atoms with Gasteiger partial charge in [0, 0.05) is 18.3 Å². The number of amides is 2. The van der Waals surface area contributed by atoms with Crippen molar-refractivity contribution in [1.29, 1.82) is 0 Å². The predicted octanol–water partition coefficient (Wildman–Crippen LogP) is 3.05. The van der Waals surface area contributed by atoms with Gasteiger partial charge in [-0.2, -0.15) is 0 Å². The highest BCUT2D eigenvalue weighted by molar-refractivity contribution is 5.92. The number of fused-ring (bicyclic) bond motifs is 1. The highest BCUT2D eigenvalue weighted by atomic mass is 16.2. The maximum Gasteiger partial charge on any atom is 0.238 e. The molecule has 26 heavy (non-hydrogen) atoms. The van der Waals surface area contributed by atoms with Gasteiger partial charge >= 0.3 is 0 Å². The number of aryl methyl sites for hydroxylation is 1. The third-order valence-corrected chi connectivity index (χ3v) is 5.72. The van der Waals surface area contributed by atoms with Gasteiger partial charge in [0.1, 0.15) is 0 Å². The van der Waals surface area contributed by atoms with Gasteiger partial charge in [-0.25, -0.2) is 0 Å². The van der Waals surface area contributed by atoms with Crippen LogP contribution in [0.3, 0.4) is 0 Å². The summed E-state index contributed by atoms with van der Waals surface area (Å²) in [5.74, 6) is 0.780. The van der Waals surface area contributed by atoms with Crippen molar-refractivity contribution in [1.82, 2.24) is 9.80 Å². The lowest BCUT2D eigenvalue weighted by Crippen LogP contribution is -2.52. The van der Waals surface area contributed by atoms with Crippen molar-refractivity contribution in [3.63, 3.8) is 0 Å². The Bertz CT molecular complexity index is 627. The molecular weight excluding hydrogens is 326 g/mol. The van der Waals surface area contributed by atoms with Gasteiger partial charge in [-0.15, -0.1) is 0 Å². The molecule has 0 spiro atoms. The largest absolute Gasteiger partial charge is 0.338 e. The Morgan fingerprint density at radius 1 is 1.08 bits per heavy atom. The van der Waals surface area contributed by atoms with Crippen LogP contribution in [0.25, 0.3) is 0 Å². The Hall–Kier alpha value is -1.88. The zero-order valence-corrected chi connectivity index (χ0v) is 16.0. The molecule has 2 amide bonds. The molecule has 5 nitrogen and oxygen atoms in total. The van der Waals surface area contributed by atoms with Crippen LogP contribution < -0.4 is 5.32 Å². The molecule has 1 aromatic carbocycles. The number of anilines is 1. The van der Waals surface area contributed by atoms with E-state index in [1.165, 1.54) is 25.7 Å². The van der Waals surface area contributed by atoms with Gasteiger partial charge in [0.2, 0.25) is 11.8 Å². The van der Waals surface area contributed by atoms with E-state index in [0.29, 0.717) is 18.5 Å². The van der Waals surface area contributed by atoms with Crippen molar-refractivity contribution in [2.45, 2.75) is 51.5 Å². The normalized spacial score (nSPS) is 22.8. The number of likely N-dealkylation sites (N-methyl/N-ethyl adjacent to an activating group) is 1. The summed E-state index contributed by atoms with van der Waals surface area (Å²) >= 11 is 0. The first-order valence-electron chi connectivity index (χ1n) is 9.87. The molecule has 1 saturated heterocycles. The molecule has 1 heterocycles. The fourth-order valence-corrected chi connectivity index (χ4v) is 4.39. The second-order valence-corrected chi connectivity index (χ2v) is 7.93. The third kappa shape index (κ3) is 4.85. The number of carbonyl (C=O) groups is 2. The van der Waals surface area contributed by atoms with E-state index in [1.54, 1.807) is 0 Å². The zero-order valence-electron chi connectivity index (χ0n) is 16.0. The van der Waals surface area contributed by atoms with Gasteiger partial charge < -0.3 is 10.2 Å². The molecule has 0 radical (unpaired) electrons. The number of nitrogens with one attached hydrogen (secondary N) is 1. The third-order valence-electron chi connectivity index (χ3n) is 5.72. The number of carbonyl (C=O) groups excluding carboxylic acids is 2. The topological polar surface area (TPSA) is 52.7 Å². The van der Waals surface area contributed by atoms with Crippen LogP contribution in [-0.4, -0.2) is 54.3 Å². The zero-order chi connectivity index (χ0) is 18.5. The van der Waals surface area contributed by atoms with E-state index in [9.17, 15) is 9.59 Å². The molecule has 1 saturated carbocycles. The van der Waals surface area contributed by atoms with Gasteiger partial charge in [-0.3, -0.25) is 14.5 Å². The Morgan fingerprint density at radius 3 is 2.54 bits per heavy atom. The average molecular weight is 357 g/mol. The van der Waals surface area contributed by atoms with E-state index < -0.39 is 0 Å². The van der Waals surface area contributed by atoms with Crippen LogP contribution in [0.4, 0.5) is 5.69 Å². The fraction of sp³-hybridized carbons (Fsp3) is 0.619. The molecule has 1 aromatic rings. The van der Waals surface area contributed by atoms with Crippen molar-refractivity contribution >= 4 is 17.5 Å². The second kappa shape index (κ2) is 8.67. The fourth-order valence-electron chi connectivity index (χ4n) is 4.39. The Labute approximate surface area is 156 Å². The number of hydrogen-bond donors (Lipinski definition) is 1. The first-order chi connectivity index (χ1) is 12.5. The van der Waals surface area contributed by atoms with Crippen LogP contribution in [0.15, 0.2) is 24.3 Å². The number of piperidine rings is 1. The molecule has 1 N–H and O–H groups in total. The first-order valence-corrected chi connectivity index (χ1v) is 9.87. The van der Waals surface area contributed by atoms with E-state index in [1.807, 2.05) is 43.1 Å². The smallest absolute Gasteiger partial charge is 0.238 e. The molecule has 3 rings (SSSR count). The highest BCUT2D eigenvalue weighted by Crippen LogP contribution is 2.35. The summed E-state index contributed by atoms with van der Waals surface area (Å²) in [6, 6.07) is 8.17. The SMILES string of the molecule is Cc1ccc(NC(=O)CN(C)CC(=O)N2CCC[C@H]3CCCC[C@@H]32)cc1. The quantitative estimate of drug-likeness (QED) is 0.881. The number of rotatable bonds is 5. The van der Waals surface area contributed by atoms with E-state index >= 15 is 0 Å². The number of benzene rings is 1. The van der Waals surface area contributed by atoms with Crippen molar-refractivity contribution in [3.05, 3.63) is 29.8 Å². The van der Waals surface area contributed by atoms with Gasteiger partial charge in [0.15, 0.2) is 0 Å². The van der Waals surface area contributed by atoms with Gasteiger partial charge in [0.25, 0.3) is 0 Å². The standard InChI is InChI=1S/C21H31N3O2/c1-16-9-11-18(12-10-16)22-20(25)14-23(2)15-21(26)24-13-5-7-17-6-3-4-8-19(17)24/h9-12,17,19H,3-8,13-15H2,1-2H3,(H,22,25)/t17-,19+/m1/s1. The van der Waals surface area contributed by atoms with Crippen molar-refractivity contribution < 1.29 is 9.59 Å². The van der Waals surface area contributed by atoms with Crippen LogP contribution >= 0.6 is 0 Å². The van der Waals surface area contributed by atoms with Gasteiger partial charge in [0.05, 0.1) is 13.1 Å². The van der Waals surface area contributed by atoms with E-state index in [0.717, 1.165) is 30.6 Å². The van der Waals surface area contributed by atoms with Crippen molar-refractivity contribution in [2.75, 3.05) is 32.0 Å². The highest BCUT2D eigenvalue weighted by Gasteiger charge is 2.35. The minimum atomic E-state index is -0.0849. The molecule has 2 atom stereocenters. The van der Waals surface area contributed by atoms with E-state index in [4.69, 9.17) is 0 Å². The van der Waals surface area contributed by atoms with Crippen LogP contribution in [0.2, 0.25) is 0 Å². The lowest BCUT2D eigenvalue weighted by molar-refractivity contribution is -0.138. The lowest BCUT2D eigenvalue weighted by atomic mass is 9.78. The van der Waals surface area contributed by atoms with Crippen LogP contribution in [0.1, 0.15) is 44.1 Å². The molecule has 2 aliphatic rings. The summed E-state index contributed by atoms with van der Waals surface area (Å²) in [7, 11) is 1.84. The Kier molecular flexibility index (Phi) is 6.30. The molecule has 0 unspecified atom stereocenters. The minimum absolute atomic E-state index is 0.0849. The summed E-state index contributed by atoms with van der Waals surface area (Å²) in [5.41, 5.74) is 1.95. The van der Waals surface area contributed by atoms with E-state index in [-0.39, 0.29) is 18.4 Å². The summed E-state index contributed by atoms with van der Waals surface area (Å²) in [4.78, 5) is 28.9. The molecule has 1 aliphatic heterocycles. The number of nitrogens with zero attached hydrogens (tertiary/aromatic N) is 2. The minimum Gasteiger partial charge on any atom is -0.338 e. The summed E-state index contributed by atoms with van der Waals surface area (Å²) in [6.07, 6.45) is 7.34. The maximum atomic E-state index is 12.8. The van der Waals surface area contributed by atoms with Crippen molar-refractivity contribution in [2.24, 2.45) is 5.92 Å². The van der Waals surface area contributed by atoms with Gasteiger partial charge in [-0.05, 0) is 57.7 Å². The molecule has 142 valence electrons. The monoisotopic (exact) mass is 357 g/mol.